The normalized spacial score (nSPS) is 10.8. The lowest BCUT2D eigenvalue weighted by atomic mass is 10.2. The third-order valence-corrected chi connectivity index (χ3v) is 3.58. The largest absolute Gasteiger partial charge is 0.489 e. The number of aliphatic hydroxyl groups excluding tert-OH is 1. The van der Waals surface area contributed by atoms with Crippen molar-refractivity contribution in [2.75, 3.05) is 26.2 Å². The van der Waals surface area contributed by atoms with Crippen molar-refractivity contribution in [1.82, 2.24) is 10.6 Å². The van der Waals surface area contributed by atoms with Gasteiger partial charge in [-0.1, -0.05) is 30.3 Å². The molecule has 4 nitrogen and oxygen atoms in total. The van der Waals surface area contributed by atoms with Crippen LogP contribution in [0.3, 0.4) is 0 Å². The maximum atomic E-state index is 13.6. The number of halogens is 1. The standard InChI is InChI=1S/C19H25FN2O2/c20-19-8-2-1-6-17(19)15-24-18-7-3-5-16(13-18)14-22-10-4-9-21-11-12-23/h1-3,5-8,13,21-23H,4,9-12,14-15H2. The van der Waals surface area contributed by atoms with Gasteiger partial charge in [-0.2, -0.15) is 0 Å². The second kappa shape index (κ2) is 10.8. The monoisotopic (exact) mass is 332 g/mol. The van der Waals surface area contributed by atoms with Gasteiger partial charge in [0.2, 0.25) is 0 Å². The van der Waals surface area contributed by atoms with E-state index in [-0.39, 0.29) is 19.0 Å². The smallest absolute Gasteiger partial charge is 0.129 e. The summed E-state index contributed by atoms with van der Waals surface area (Å²) in [6.45, 7) is 3.59. The molecule has 2 aromatic rings. The van der Waals surface area contributed by atoms with E-state index >= 15 is 0 Å². The van der Waals surface area contributed by atoms with Crippen LogP contribution in [-0.2, 0) is 13.2 Å². The van der Waals surface area contributed by atoms with Crippen molar-refractivity contribution in [3.8, 4) is 5.75 Å². The zero-order valence-corrected chi connectivity index (χ0v) is 13.8. The molecule has 0 amide bonds. The van der Waals surface area contributed by atoms with E-state index < -0.39 is 0 Å². The minimum absolute atomic E-state index is 0.174. The van der Waals surface area contributed by atoms with Crippen molar-refractivity contribution in [3.05, 3.63) is 65.5 Å². The van der Waals surface area contributed by atoms with Gasteiger partial charge in [0.05, 0.1) is 6.61 Å². The van der Waals surface area contributed by atoms with Gasteiger partial charge in [-0.15, -0.1) is 0 Å². The molecular formula is C19H25FN2O2. The SMILES string of the molecule is OCCNCCCNCc1cccc(OCc2ccccc2F)c1. The fourth-order valence-corrected chi connectivity index (χ4v) is 2.30. The lowest BCUT2D eigenvalue weighted by Gasteiger charge is -2.10. The van der Waals surface area contributed by atoms with Gasteiger partial charge < -0.3 is 20.5 Å². The van der Waals surface area contributed by atoms with Crippen LogP contribution in [-0.4, -0.2) is 31.3 Å². The molecule has 0 aliphatic carbocycles. The van der Waals surface area contributed by atoms with Gasteiger partial charge in [0.25, 0.3) is 0 Å². The van der Waals surface area contributed by atoms with Crippen LogP contribution in [0.25, 0.3) is 0 Å². The van der Waals surface area contributed by atoms with Crippen molar-refractivity contribution >= 4 is 0 Å². The molecular weight excluding hydrogens is 307 g/mol. The molecule has 0 aliphatic heterocycles. The average molecular weight is 332 g/mol. The van der Waals surface area contributed by atoms with Gasteiger partial charge in [-0.25, -0.2) is 4.39 Å². The Kier molecular flexibility index (Phi) is 8.24. The second-order valence-corrected chi connectivity index (χ2v) is 5.53. The van der Waals surface area contributed by atoms with Crippen LogP contribution in [0.4, 0.5) is 4.39 Å². The molecule has 3 N–H and O–H groups in total. The van der Waals surface area contributed by atoms with Crippen molar-refractivity contribution in [1.29, 1.82) is 0 Å². The summed E-state index contributed by atoms with van der Waals surface area (Å²) >= 11 is 0. The predicted molar refractivity (Wildman–Crippen MR) is 93.5 cm³/mol. The number of rotatable bonds is 11. The second-order valence-electron chi connectivity index (χ2n) is 5.53. The Bertz CT molecular complexity index is 607. The van der Waals surface area contributed by atoms with Crippen LogP contribution in [0.2, 0.25) is 0 Å². The highest BCUT2D eigenvalue weighted by atomic mass is 19.1. The quantitative estimate of drug-likeness (QED) is 0.553. The van der Waals surface area contributed by atoms with E-state index in [0.29, 0.717) is 12.1 Å². The molecule has 0 spiro atoms. The van der Waals surface area contributed by atoms with Crippen molar-refractivity contribution < 1.29 is 14.2 Å². The van der Waals surface area contributed by atoms with Crippen LogP contribution in [0, 0.1) is 5.82 Å². The molecule has 130 valence electrons. The molecule has 0 radical (unpaired) electrons. The maximum absolute atomic E-state index is 13.6. The zero-order valence-electron chi connectivity index (χ0n) is 13.8. The highest BCUT2D eigenvalue weighted by Crippen LogP contribution is 2.16. The molecule has 0 aliphatic rings. The lowest BCUT2D eigenvalue weighted by molar-refractivity contribution is 0.292. The summed E-state index contributed by atoms with van der Waals surface area (Å²) in [7, 11) is 0. The molecule has 0 unspecified atom stereocenters. The van der Waals surface area contributed by atoms with Crippen LogP contribution >= 0.6 is 0 Å². The first-order valence-electron chi connectivity index (χ1n) is 8.27. The molecule has 0 bridgehead atoms. The van der Waals surface area contributed by atoms with Crippen LogP contribution in [0.1, 0.15) is 17.5 Å². The van der Waals surface area contributed by atoms with Gasteiger partial charge in [0, 0.05) is 18.7 Å². The third-order valence-electron chi connectivity index (χ3n) is 3.58. The minimum Gasteiger partial charge on any atom is -0.489 e. The van der Waals surface area contributed by atoms with Gasteiger partial charge >= 0.3 is 0 Å². The number of benzene rings is 2. The summed E-state index contributed by atoms with van der Waals surface area (Å²) in [5.41, 5.74) is 1.68. The fraction of sp³-hybridized carbons (Fsp3) is 0.368. The summed E-state index contributed by atoms with van der Waals surface area (Å²) in [4.78, 5) is 0. The highest BCUT2D eigenvalue weighted by molar-refractivity contribution is 5.29. The predicted octanol–water partition coefficient (Wildman–Crippen LogP) is 2.47. The van der Waals surface area contributed by atoms with Crippen LogP contribution < -0.4 is 15.4 Å². The van der Waals surface area contributed by atoms with E-state index in [4.69, 9.17) is 9.84 Å². The molecule has 5 heteroatoms. The van der Waals surface area contributed by atoms with Crippen molar-refractivity contribution in [3.63, 3.8) is 0 Å². The summed E-state index contributed by atoms with van der Waals surface area (Å²) in [6, 6.07) is 14.5. The number of hydrogen-bond donors (Lipinski definition) is 3. The minimum atomic E-state index is -0.245. The number of ether oxygens (including phenoxy) is 1. The van der Waals surface area contributed by atoms with E-state index in [9.17, 15) is 4.39 Å². The van der Waals surface area contributed by atoms with Crippen molar-refractivity contribution in [2.24, 2.45) is 0 Å². The molecule has 24 heavy (non-hydrogen) atoms. The highest BCUT2D eigenvalue weighted by Gasteiger charge is 2.02. The van der Waals surface area contributed by atoms with E-state index in [1.54, 1.807) is 18.2 Å². The van der Waals surface area contributed by atoms with E-state index in [1.807, 2.05) is 24.3 Å². The summed E-state index contributed by atoms with van der Waals surface area (Å²) in [5.74, 6) is 0.493. The summed E-state index contributed by atoms with van der Waals surface area (Å²) < 4.78 is 19.3. The maximum Gasteiger partial charge on any atom is 0.129 e. The van der Waals surface area contributed by atoms with Crippen LogP contribution in [0.15, 0.2) is 48.5 Å². The molecule has 0 fully saturated rings. The lowest BCUT2D eigenvalue weighted by Crippen LogP contribution is -2.23. The summed E-state index contributed by atoms with van der Waals surface area (Å²) in [6.07, 6.45) is 1.00. The van der Waals surface area contributed by atoms with Gasteiger partial charge in [-0.05, 0) is 43.3 Å². The number of hydrogen-bond acceptors (Lipinski definition) is 4. The first-order chi connectivity index (χ1) is 11.8. The first-order valence-corrected chi connectivity index (χ1v) is 8.27. The number of nitrogens with one attached hydrogen (secondary N) is 2. The Morgan fingerprint density at radius 2 is 1.79 bits per heavy atom. The molecule has 2 rings (SSSR count). The van der Waals surface area contributed by atoms with Gasteiger partial charge in [0.15, 0.2) is 0 Å². The Hall–Kier alpha value is -1.95. The molecule has 2 aromatic carbocycles. The molecule has 0 atom stereocenters. The average Bonchev–Trinajstić information content (AvgIpc) is 2.61. The molecule has 0 saturated heterocycles. The Labute approximate surface area is 142 Å². The summed E-state index contributed by atoms with van der Waals surface area (Å²) in [5, 5.41) is 15.2. The van der Waals surface area contributed by atoms with Crippen LogP contribution in [0.5, 0.6) is 5.75 Å². The Morgan fingerprint density at radius 3 is 2.62 bits per heavy atom. The van der Waals surface area contributed by atoms with E-state index in [1.165, 1.54) is 6.07 Å². The van der Waals surface area contributed by atoms with Crippen molar-refractivity contribution in [2.45, 2.75) is 19.6 Å². The topological polar surface area (TPSA) is 53.5 Å². The van der Waals surface area contributed by atoms with Gasteiger partial charge in [-0.3, -0.25) is 0 Å². The molecule has 0 saturated carbocycles. The van der Waals surface area contributed by atoms with Gasteiger partial charge in [0.1, 0.15) is 18.2 Å². The number of aliphatic hydroxyl groups is 1. The van der Waals surface area contributed by atoms with E-state index in [2.05, 4.69) is 10.6 Å². The molecule has 0 aromatic heterocycles. The van der Waals surface area contributed by atoms with E-state index in [0.717, 1.165) is 37.4 Å². The third kappa shape index (κ3) is 6.66. The Morgan fingerprint density at radius 1 is 0.958 bits per heavy atom. The molecule has 0 heterocycles. The first kappa shape index (κ1) is 18.4. The fourth-order valence-electron chi connectivity index (χ4n) is 2.30. The zero-order chi connectivity index (χ0) is 17.0. The Balaban J connectivity index is 1.72.